The molecule has 2 heteroatoms. The second-order valence-corrected chi connectivity index (χ2v) is 3.80. The van der Waals surface area contributed by atoms with E-state index in [1.54, 1.807) is 0 Å². The lowest BCUT2D eigenvalue weighted by Gasteiger charge is -2.20. The van der Waals surface area contributed by atoms with Crippen molar-refractivity contribution in [3.63, 3.8) is 0 Å². The highest BCUT2D eigenvalue weighted by Gasteiger charge is 2.16. The average molecular weight is 206 g/mol. The first kappa shape index (κ1) is 11.8. The average Bonchev–Trinajstić information content (AvgIpc) is 2.27. The van der Waals surface area contributed by atoms with Crippen molar-refractivity contribution in [2.24, 2.45) is 5.92 Å². The minimum absolute atomic E-state index is 0.00675. The van der Waals surface area contributed by atoms with Crippen molar-refractivity contribution in [2.45, 2.75) is 32.8 Å². The van der Waals surface area contributed by atoms with Gasteiger partial charge in [-0.2, -0.15) is 0 Å². The molecule has 1 aromatic carbocycles. The van der Waals surface area contributed by atoms with Crippen LogP contribution in [0.3, 0.4) is 0 Å². The maximum Gasteiger partial charge on any atom is 0.293 e. The summed E-state index contributed by atoms with van der Waals surface area (Å²) < 4.78 is 4.99. The van der Waals surface area contributed by atoms with Crippen LogP contribution in [0.1, 0.15) is 25.8 Å². The zero-order valence-electron chi connectivity index (χ0n) is 9.35. The number of rotatable bonds is 6. The largest absolute Gasteiger partial charge is 0.465 e. The van der Waals surface area contributed by atoms with Crippen molar-refractivity contribution in [1.82, 2.24) is 0 Å². The van der Waals surface area contributed by atoms with Crippen LogP contribution in [0.4, 0.5) is 0 Å². The Morgan fingerprint density at radius 3 is 2.53 bits per heavy atom. The third kappa shape index (κ3) is 3.74. The third-order valence-corrected chi connectivity index (χ3v) is 2.80. The van der Waals surface area contributed by atoms with Gasteiger partial charge in [0.1, 0.15) is 6.10 Å². The fourth-order valence-electron chi connectivity index (χ4n) is 1.76. The number of benzene rings is 1. The Labute approximate surface area is 91.3 Å². The summed E-state index contributed by atoms with van der Waals surface area (Å²) in [6.07, 6.45) is 1.98. The standard InChI is InChI=1S/C13H18O2/c1-3-13(11(2)15-10-14)9-12-7-5-4-6-8-12/h4-8,10-11,13H,3,9H2,1-2H3. The van der Waals surface area contributed by atoms with Crippen molar-refractivity contribution in [1.29, 1.82) is 0 Å². The Kier molecular flexibility index (Phi) is 4.88. The molecule has 15 heavy (non-hydrogen) atoms. The minimum Gasteiger partial charge on any atom is -0.465 e. The molecule has 0 radical (unpaired) electrons. The van der Waals surface area contributed by atoms with Gasteiger partial charge in [-0.05, 0) is 31.2 Å². The van der Waals surface area contributed by atoms with E-state index in [1.165, 1.54) is 5.56 Å². The summed E-state index contributed by atoms with van der Waals surface area (Å²) in [5.41, 5.74) is 1.30. The van der Waals surface area contributed by atoms with Crippen molar-refractivity contribution in [3.05, 3.63) is 35.9 Å². The normalized spacial score (nSPS) is 14.3. The fourth-order valence-corrected chi connectivity index (χ4v) is 1.76. The highest BCUT2D eigenvalue weighted by Crippen LogP contribution is 2.17. The van der Waals surface area contributed by atoms with Crippen LogP contribution in [-0.4, -0.2) is 12.6 Å². The Morgan fingerprint density at radius 2 is 2.00 bits per heavy atom. The zero-order valence-corrected chi connectivity index (χ0v) is 9.35. The van der Waals surface area contributed by atoms with Crippen molar-refractivity contribution in [3.8, 4) is 0 Å². The second kappa shape index (κ2) is 6.23. The predicted molar refractivity (Wildman–Crippen MR) is 60.5 cm³/mol. The molecule has 1 aromatic rings. The topological polar surface area (TPSA) is 26.3 Å². The van der Waals surface area contributed by atoms with E-state index in [0.29, 0.717) is 12.4 Å². The Hall–Kier alpha value is -1.31. The van der Waals surface area contributed by atoms with Crippen molar-refractivity contribution >= 4 is 6.47 Å². The van der Waals surface area contributed by atoms with E-state index in [2.05, 4.69) is 19.1 Å². The molecule has 1 rings (SSSR count). The molecule has 2 unspecified atom stereocenters. The molecular weight excluding hydrogens is 188 g/mol. The molecule has 0 aliphatic carbocycles. The molecule has 0 aromatic heterocycles. The summed E-state index contributed by atoms with van der Waals surface area (Å²) in [5, 5.41) is 0. The van der Waals surface area contributed by atoms with Gasteiger partial charge >= 0.3 is 0 Å². The van der Waals surface area contributed by atoms with Gasteiger partial charge in [0.25, 0.3) is 6.47 Å². The van der Waals surface area contributed by atoms with E-state index >= 15 is 0 Å². The van der Waals surface area contributed by atoms with Gasteiger partial charge in [-0.3, -0.25) is 4.79 Å². The van der Waals surface area contributed by atoms with Crippen LogP contribution in [0.5, 0.6) is 0 Å². The summed E-state index contributed by atoms with van der Waals surface area (Å²) in [6.45, 7) is 4.61. The fraction of sp³-hybridized carbons (Fsp3) is 0.462. The highest BCUT2D eigenvalue weighted by atomic mass is 16.5. The van der Waals surface area contributed by atoms with E-state index < -0.39 is 0 Å². The Balaban J connectivity index is 2.57. The molecule has 0 saturated carbocycles. The number of hydrogen-bond acceptors (Lipinski definition) is 2. The zero-order chi connectivity index (χ0) is 11.1. The molecule has 0 spiro atoms. The van der Waals surface area contributed by atoms with E-state index in [-0.39, 0.29) is 6.10 Å². The van der Waals surface area contributed by atoms with E-state index in [1.807, 2.05) is 25.1 Å². The molecule has 0 aliphatic rings. The monoisotopic (exact) mass is 206 g/mol. The van der Waals surface area contributed by atoms with Crippen LogP contribution in [0.2, 0.25) is 0 Å². The molecule has 0 N–H and O–H groups in total. The van der Waals surface area contributed by atoms with Crippen LogP contribution in [0.25, 0.3) is 0 Å². The van der Waals surface area contributed by atoms with Crippen LogP contribution < -0.4 is 0 Å². The summed E-state index contributed by atoms with van der Waals surface area (Å²) in [7, 11) is 0. The number of hydrogen-bond donors (Lipinski definition) is 0. The van der Waals surface area contributed by atoms with Gasteiger partial charge in [-0.1, -0.05) is 37.3 Å². The molecule has 2 nitrogen and oxygen atoms in total. The summed E-state index contributed by atoms with van der Waals surface area (Å²) >= 11 is 0. The Bertz CT molecular complexity index is 282. The van der Waals surface area contributed by atoms with Crippen LogP contribution in [-0.2, 0) is 16.0 Å². The quantitative estimate of drug-likeness (QED) is 0.669. The lowest BCUT2D eigenvalue weighted by molar-refractivity contribution is -0.135. The molecular formula is C13H18O2. The lowest BCUT2D eigenvalue weighted by Crippen LogP contribution is -2.21. The predicted octanol–water partition coefficient (Wildman–Crippen LogP) is 2.82. The molecule has 0 bridgehead atoms. The molecule has 82 valence electrons. The maximum atomic E-state index is 10.3. The first-order valence-corrected chi connectivity index (χ1v) is 5.41. The molecule has 0 amide bonds. The molecule has 0 fully saturated rings. The smallest absolute Gasteiger partial charge is 0.293 e. The summed E-state index contributed by atoms with van der Waals surface area (Å²) in [4.78, 5) is 10.3. The van der Waals surface area contributed by atoms with Crippen LogP contribution in [0.15, 0.2) is 30.3 Å². The van der Waals surface area contributed by atoms with Crippen LogP contribution in [0, 0.1) is 5.92 Å². The van der Waals surface area contributed by atoms with E-state index in [0.717, 1.165) is 12.8 Å². The van der Waals surface area contributed by atoms with E-state index in [4.69, 9.17) is 4.74 Å². The van der Waals surface area contributed by atoms with Gasteiger partial charge in [0.2, 0.25) is 0 Å². The first-order chi connectivity index (χ1) is 7.27. The summed E-state index contributed by atoms with van der Waals surface area (Å²) in [5.74, 6) is 0.401. The van der Waals surface area contributed by atoms with Crippen molar-refractivity contribution < 1.29 is 9.53 Å². The first-order valence-electron chi connectivity index (χ1n) is 5.41. The van der Waals surface area contributed by atoms with E-state index in [9.17, 15) is 4.79 Å². The number of ether oxygens (including phenoxy) is 1. The van der Waals surface area contributed by atoms with Crippen molar-refractivity contribution in [2.75, 3.05) is 0 Å². The lowest BCUT2D eigenvalue weighted by atomic mass is 9.92. The SMILES string of the molecule is CCC(Cc1ccccc1)C(C)OC=O. The van der Waals surface area contributed by atoms with Gasteiger partial charge in [-0.25, -0.2) is 0 Å². The molecule has 2 atom stereocenters. The van der Waals surface area contributed by atoms with Gasteiger partial charge in [0.05, 0.1) is 0 Å². The highest BCUT2D eigenvalue weighted by molar-refractivity contribution is 5.37. The van der Waals surface area contributed by atoms with Crippen LogP contribution >= 0.6 is 0 Å². The molecule has 0 heterocycles. The number of carbonyl (C=O) groups is 1. The molecule has 0 saturated heterocycles. The van der Waals surface area contributed by atoms with Gasteiger partial charge in [0.15, 0.2) is 0 Å². The third-order valence-electron chi connectivity index (χ3n) is 2.80. The second-order valence-electron chi connectivity index (χ2n) is 3.80. The minimum atomic E-state index is -0.00675. The Morgan fingerprint density at radius 1 is 1.33 bits per heavy atom. The maximum absolute atomic E-state index is 10.3. The van der Waals surface area contributed by atoms with Gasteiger partial charge < -0.3 is 4.74 Å². The summed E-state index contributed by atoms with van der Waals surface area (Å²) in [6, 6.07) is 10.3. The van der Waals surface area contributed by atoms with Gasteiger partial charge in [0, 0.05) is 0 Å². The molecule has 0 aliphatic heterocycles. The van der Waals surface area contributed by atoms with Gasteiger partial charge in [-0.15, -0.1) is 0 Å². The number of carbonyl (C=O) groups excluding carboxylic acids is 1.